The molecule has 0 spiro atoms. The van der Waals surface area contributed by atoms with Gasteiger partial charge in [0.15, 0.2) is 0 Å². The van der Waals surface area contributed by atoms with Crippen LogP contribution in [0.2, 0.25) is 0 Å². The number of hydrogen-bond acceptors (Lipinski definition) is 6. The van der Waals surface area contributed by atoms with E-state index in [1.165, 1.54) is 44.5 Å². The van der Waals surface area contributed by atoms with Gasteiger partial charge in [-0.3, -0.25) is 9.80 Å². The molecule has 0 bridgehead atoms. The van der Waals surface area contributed by atoms with Crippen molar-refractivity contribution in [3.05, 3.63) is 24.3 Å². The molecule has 7 heteroatoms. The van der Waals surface area contributed by atoms with Crippen molar-refractivity contribution in [3.63, 3.8) is 0 Å². The molecule has 3 fully saturated rings. The fourth-order valence-electron chi connectivity index (χ4n) is 5.38. The van der Waals surface area contributed by atoms with E-state index in [2.05, 4.69) is 39.0 Å². The van der Waals surface area contributed by atoms with Crippen LogP contribution in [0, 0.1) is 0 Å². The Morgan fingerprint density at radius 3 is 2.26 bits per heavy atom. The van der Waals surface area contributed by atoms with Gasteiger partial charge in [-0.2, -0.15) is 0 Å². The topological polar surface area (TPSA) is 48.5 Å². The lowest BCUT2D eigenvalue weighted by atomic mass is 9.96. The smallest absolute Gasteiger partial charge is 0.409 e. The number of benzene rings is 1. The summed E-state index contributed by atoms with van der Waals surface area (Å²) in [5.41, 5.74) is 1.30. The number of rotatable bonds is 5. The molecular weight excluding hydrogens is 392 g/mol. The fraction of sp³-hybridized carbons (Fsp3) is 0.708. The highest BCUT2D eigenvalue weighted by Crippen LogP contribution is 2.27. The Morgan fingerprint density at radius 2 is 1.61 bits per heavy atom. The summed E-state index contributed by atoms with van der Waals surface area (Å²) in [7, 11) is 1.71. The average Bonchev–Trinajstić information content (AvgIpc) is 2.84. The predicted molar refractivity (Wildman–Crippen MR) is 123 cm³/mol. The van der Waals surface area contributed by atoms with Crippen LogP contribution in [0.1, 0.15) is 32.6 Å². The average molecular weight is 431 g/mol. The van der Waals surface area contributed by atoms with Crippen molar-refractivity contribution in [2.75, 3.05) is 71.0 Å². The summed E-state index contributed by atoms with van der Waals surface area (Å²) in [6.45, 7) is 10.5. The lowest BCUT2D eigenvalue weighted by Gasteiger charge is -2.46. The van der Waals surface area contributed by atoms with E-state index in [9.17, 15) is 4.79 Å². The first kappa shape index (κ1) is 22.2. The number of piperazine rings is 1. The van der Waals surface area contributed by atoms with Gasteiger partial charge in [-0.25, -0.2) is 4.79 Å². The molecule has 7 nitrogen and oxygen atoms in total. The molecule has 3 aliphatic heterocycles. The third-order valence-corrected chi connectivity index (χ3v) is 7.20. The van der Waals surface area contributed by atoms with Crippen LogP contribution in [-0.2, 0) is 4.74 Å². The van der Waals surface area contributed by atoms with E-state index in [1.54, 1.807) is 7.11 Å². The molecule has 0 saturated carbocycles. The summed E-state index contributed by atoms with van der Waals surface area (Å²) in [6.07, 6.45) is 4.86. The first-order chi connectivity index (χ1) is 15.2. The van der Waals surface area contributed by atoms with Gasteiger partial charge < -0.3 is 19.3 Å². The maximum Gasteiger partial charge on any atom is 0.409 e. The van der Waals surface area contributed by atoms with Crippen LogP contribution in [0.15, 0.2) is 24.3 Å². The molecular formula is C24H38N4O3. The second kappa shape index (κ2) is 10.6. The second-order valence-electron chi connectivity index (χ2n) is 8.93. The van der Waals surface area contributed by atoms with E-state index in [0.29, 0.717) is 18.7 Å². The molecule has 1 aromatic carbocycles. The van der Waals surface area contributed by atoms with Crippen LogP contribution >= 0.6 is 0 Å². The van der Waals surface area contributed by atoms with Gasteiger partial charge in [-0.05, 0) is 63.4 Å². The Labute approximate surface area is 186 Å². The number of anilines is 1. The molecule has 1 aromatic rings. The molecule has 1 amide bonds. The number of hydrogen-bond donors (Lipinski definition) is 0. The van der Waals surface area contributed by atoms with Crippen molar-refractivity contribution in [1.29, 1.82) is 0 Å². The molecule has 3 aliphatic rings. The standard InChI is InChI=1S/C24H38N4O3/c1-3-31-24(29)27-17-15-26(16-18-27)22-5-4-12-28(19-22)21-10-13-25(14-11-21)20-6-8-23(30-2)9-7-20/h6-9,21-22H,3-5,10-19H2,1-2H3. The Hall–Kier alpha value is -1.99. The van der Waals surface area contributed by atoms with Crippen molar-refractivity contribution in [3.8, 4) is 5.75 Å². The highest BCUT2D eigenvalue weighted by molar-refractivity contribution is 5.67. The summed E-state index contributed by atoms with van der Waals surface area (Å²) in [5.74, 6) is 0.918. The molecule has 172 valence electrons. The van der Waals surface area contributed by atoms with Crippen molar-refractivity contribution >= 4 is 11.8 Å². The van der Waals surface area contributed by atoms with Crippen molar-refractivity contribution in [2.24, 2.45) is 0 Å². The highest BCUT2D eigenvalue weighted by Gasteiger charge is 2.33. The Bertz CT molecular complexity index is 697. The van der Waals surface area contributed by atoms with Gasteiger partial charge in [0.25, 0.3) is 0 Å². The van der Waals surface area contributed by atoms with Crippen molar-refractivity contribution < 1.29 is 14.3 Å². The quantitative estimate of drug-likeness (QED) is 0.716. The van der Waals surface area contributed by atoms with E-state index in [-0.39, 0.29) is 6.09 Å². The third-order valence-electron chi connectivity index (χ3n) is 7.20. The van der Waals surface area contributed by atoms with E-state index in [4.69, 9.17) is 9.47 Å². The fourth-order valence-corrected chi connectivity index (χ4v) is 5.38. The normalized spacial score (nSPS) is 24.3. The van der Waals surface area contributed by atoms with Crippen molar-refractivity contribution in [1.82, 2.24) is 14.7 Å². The maximum absolute atomic E-state index is 12.0. The number of likely N-dealkylation sites (tertiary alicyclic amines) is 1. The monoisotopic (exact) mass is 430 g/mol. The van der Waals surface area contributed by atoms with Crippen LogP contribution in [0.3, 0.4) is 0 Å². The van der Waals surface area contributed by atoms with E-state index < -0.39 is 0 Å². The Kier molecular flexibility index (Phi) is 7.56. The minimum Gasteiger partial charge on any atom is -0.497 e. The molecule has 1 unspecified atom stereocenters. The van der Waals surface area contributed by atoms with E-state index in [0.717, 1.165) is 45.0 Å². The third kappa shape index (κ3) is 5.44. The summed E-state index contributed by atoms with van der Waals surface area (Å²) in [4.78, 5) is 21.7. The highest BCUT2D eigenvalue weighted by atomic mass is 16.6. The number of nitrogens with zero attached hydrogens (tertiary/aromatic N) is 4. The Balaban J connectivity index is 1.24. The van der Waals surface area contributed by atoms with Gasteiger partial charge >= 0.3 is 6.09 Å². The number of methoxy groups -OCH3 is 1. The van der Waals surface area contributed by atoms with Gasteiger partial charge in [0.05, 0.1) is 13.7 Å². The van der Waals surface area contributed by atoms with E-state index in [1.807, 2.05) is 11.8 Å². The Morgan fingerprint density at radius 1 is 0.903 bits per heavy atom. The summed E-state index contributed by atoms with van der Waals surface area (Å²) in [5, 5.41) is 0. The number of ether oxygens (including phenoxy) is 2. The van der Waals surface area contributed by atoms with Crippen LogP contribution in [0.5, 0.6) is 5.75 Å². The summed E-state index contributed by atoms with van der Waals surface area (Å²) in [6, 6.07) is 9.77. The maximum atomic E-state index is 12.0. The first-order valence-electron chi connectivity index (χ1n) is 12.0. The predicted octanol–water partition coefficient (Wildman–Crippen LogP) is 2.90. The van der Waals surface area contributed by atoms with Gasteiger partial charge in [-0.15, -0.1) is 0 Å². The van der Waals surface area contributed by atoms with Gasteiger partial charge in [0, 0.05) is 63.6 Å². The zero-order valence-electron chi connectivity index (χ0n) is 19.2. The minimum atomic E-state index is -0.156. The molecule has 3 saturated heterocycles. The largest absolute Gasteiger partial charge is 0.497 e. The lowest BCUT2D eigenvalue weighted by Crippen LogP contribution is -2.58. The van der Waals surface area contributed by atoms with Crippen LogP contribution in [0.4, 0.5) is 10.5 Å². The second-order valence-corrected chi connectivity index (χ2v) is 8.93. The van der Waals surface area contributed by atoms with E-state index >= 15 is 0 Å². The molecule has 4 rings (SSSR count). The minimum absolute atomic E-state index is 0.156. The SMILES string of the molecule is CCOC(=O)N1CCN(C2CCCN(C3CCN(c4ccc(OC)cc4)CC3)C2)CC1. The zero-order valence-corrected chi connectivity index (χ0v) is 19.2. The number of piperidine rings is 2. The number of carbonyl (C=O) groups excluding carboxylic acids is 1. The number of amides is 1. The molecule has 31 heavy (non-hydrogen) atoms. The molecule has 1 atom stereocenters. The number of carbonyl (C=O) groups is 1. The summed E-state index contributed by atoms with van der Waals surface area (Å²) >= 11 is 0. The molecule has 3 heterocycles. The van der Waals surface area contributed by atoms with Gasteiger partial charge in [0.2, 0.25) is 0 Å². The van der Waals surface area contributed by atoms with Crippen molar-refractivity contribution in [2.45, 2.75) is 44.7 Å². The molecule has 0 aromatic heterocycles. The zero-order chi connectivity index (χ0) is 21.6. The lowest BCUT2D eigenvalue weighted by molar-refractivity contribution is 0.0290. The summed E-state index contributed by atoms with van der Waals surface area (Å²) < 4.78 is 10.4. The molecule has 0 aliphatic carbocycles. The van der Waals surface area contributed by atoms with Crippen LogP contribution < -0.4 is 9.64 Å². The van der Waals surface area contributed by atoms with Gasteiger partial charge in [0.1, 0.15) is 5.75 Å². The first-order valence-corrected chi connectivity index (χ1v) is 12.0. The van der Waals surface area contributed by atoms with Crippen LogP contribution in [-0.4, -0.2) is 99.0 Å². The molecule has 0 N–H and O–H groups in total. The van der Waals surface area contributed by atoms with Gasteiger partial charge in [-0.1, -0.05) is 0 Å². The van der Waals surface area contributed by atoms with Crippen LogP contribution in [0.25, 0.3) is 0 Å². The molecule has 0 radical (unpaired) electrons.